The van der Waals surface area contributed by atoms with Crippen molar-refractivity contribution in [3.63, 3.8) is 0 Å². The Hall–Kier alpha value is -7.80. The van der Waals surface area contributed by atoms with E-state index in [0.29, 0.717) is 0 Å². The first-order valence-corrected chi connectivity index (χ1v) is 23.9. The molecule has 0 atom stereocenters. The molecule has 15 aromatic rings. The lowest BCUT2D eigenvalue weighted by Gasteiger charge is -2.16. The molecule has 0 aliphatic rings. The van der Waals surface area contributed by atoms with Crippen molar-refractivity contribution in [3.05, 3.63) is 217 Å². The van der Waals surface area contributed by atoms with Crippen molar-refractivity contribution in [3.8, 4) is 0 Å². The fourth-order valence-corrected chi connectivity index (χ4v) is 12.0. The van der Waals surface area contributed by atoms with E-state index in [1.807, 2.05) is 0 Å². The Labute approximate surface area is 384 Å². The van der Waals surface area contributed by atoms with Gasteiger partial charge >= 0.3 is 0 Å². The second-order valence-electron chi connectivity index (χ2n) is 18.2. The van der Waals surface area contributed by atoms with Gasteiger partial charge in [0.25, 0.3) is 0 Å². The summed E-state index contributed by atoms with van der Waals surface area (Å²) in [6, 6.07) is 74.1. The lowest BCUT2D eigenvalue weighted by molar-refractivity contribution is 1.15. The molecule has 0 aliphatic heterocycles. The Morgan fingerprint density at radius 2 is 0.561 bits per heavy atom. The minimum Gasteiger partial charge on any atom is -0.0613 e. The summed E-state index contributed by atoms with van der Waals surface area (Å²) >= 11 is 0. The predicted molar refractivity (Wildman–Crippen MR) is 291 cm³/mol. The summed E-state index contributed by atoms with van der Waals surface area (Å²) in [6.07, 6.45) is 3.22. The Kier molecular flexibility index (Phi) is 8.87. The number of hydrogen-bond donors (Lipinski definition) is 0. The fraction of sp³-hybridized carbons (Fsp3) is 0.0909. The second kappa shape index (κ2) is 15.2. The topological polar surface area (TPSA) is 0 Å². The molecule has 312 valence electrons. The van der Waals surface area contributed by atoms with Crippen molar-refractivity contribution in [1.29, 1.82) is 0 Å². The maximum atomic E-state index is 2.39. The highest BCUT2D eigenvalue weighted by Crippen LogP contribution is 2.44. The van der Waals surface area contributed by atoms with Crippen molar-refractivity contribution in [2.24, 2.45) is 0 Å². The molecule has 0 nitrogen and oxygen atoms in total. The number of hydrogen-bond acceptors (Lipinski definition) is 0. The quantitative estimate of drug-likeness (QED) is 0.123. The molecule has 0 radical (unpaired) electrons. The van der Waals surface area contributed by atoms with Crippen molar-refractivity contribution in [2.75, 3.05) is 0 Å². The lowest BCUT2D eigenvalue weighted by Crippen LogP contribution is -1.90. The van der Waals surface area contributed by atoms with Crippen LogP contribution in [0.1, 0.15) is 37.5 Å². The van der Waals surface area contributed by atoms with Crippen LogP contribution in [0.5, 0.6) is 0 Å². The maximum absolute atomic E-state index is 2.39. The van der Waals surface area contributed by atoms with Crippen LogP contribution in [-0.2, 0) is 19.3 Å². The zero-order valence-corrected chi connectivity index (χ0v) is 37.7. The third-order valence-corrected chi connectivity index (χ3v) is 14.9. The van der Waals surface area contributed by atoms with Crippen LogP contribution in [0.2, 0.25) is 0 Å². The average Bonchev–Trinajstić information content (AvgIpc) is 3.38. The van der Waals surface area contributed by atoms with Gasteiger partial charge in [-0.05, 0) is 165 Å². The first kappa shape index (κ1) is 38.6. The summed E-state index contributed by atoms with van der Waals surface area (Å²) < 4.78 is 0. The highest BCUT2D eigenvalue weighted by Gasteiger charge is 2.17. The SMILES string of the molecule is CCc1cc2cccc3c4cccc5cccc(c(c1)c23)c54.CCc1ccc2c3cccc4cccc(c5cccc1c52)c43.CCc1ccc2cccc3c4cccc5cccc(c1c23)c54. The highest BCUT2D eigenvalue weighted by molar-refractivity contribution is 6.35. The normalized spacial score (nSPS) is 12.0. The van der Waals surface area contributed by atoms with Crippen molar-refractivity contribution in [1.82, 2.24) is 0 Å². The van der Waals surface area contributed by atoms with Crippen LogP contribution in [0.25, 0.3) is 129 Å². The Balaban J connectivity index is 0.0000000988. The molecule has 0 unspecified atom stereocenters. The van der Waals surface area contributed by atoms with E-state index in [-0.39, 0.29) is 0 Å². The van der Waals surface area contributed by atoms with Crippen LogP contribution in [-0.4, -0.2) is 0 Å². The zero-order chi connectivity index (χ0) is 44.0. The minimum atomic E-state index is 1.07. The Bertz CT molecular complexity index is 4230. The smallest absolute Gasteiger partial charge is 0.00236 e. The molecule has 0 aromatic heterocycles. The van der Waals surface area contributed by atoms with Gasteiger partial charge in [-0.25, -0.2) is 0 Å². The van der Waals surface area contributed by atoms with Gasteiger partial charge in [0.05, 0.1) is 0 Å². The van der Waals surface area contributed by atoms with E-state index in [9.17, 15) is 0 Å². The number of fused-ring (bicyclic) bond motifs is 6. The number of rotatable bonds is 3. The molecule has 0 saturated carbocycles. The molecule has 15 aromatic carbocycles. The van der Waals surface area contributed by atoms with Gasteiger partial charge in [0.1, 0.15) is 0 Å². The molecule has 0 fully saturated rings. The lowest BCUT2D eigenvalue weighted by atomic mass is 9.87. The van der Waals surface area contributed by atoms with Crippen LogP contribution in [0.15, 0.2) is 200 Å². The molecule has 0 spiro atoms. The van der Waals surface area contributed by atoms with Crippen molar-refractivity contribution >= 4 is 129 Å². The second-order valence-corrected chi connectivity index (χ2v) is 18.2. The first-order valence-electron chi connectivity index (χ1n) is 23.9. The third-order valence-electron chi connectivity index (χ3n) is 14.9. The van der Waals surface area contributed by atoms with E-state index in [1.54, 1.807) is 0 Å². The molecule has 0 saturated heterocycles. The first-order chi connectivity index (χ1) is 32.6. The standard InChI is InChI=1S/3C22H16/c1-2-14-12-13-16-8-4-10-18-17-9-3-6-15-7-5-11-19(20(15)17)21(14)22(16)18;1-2-14-12-16-8-5-10-18-17-9-3-6-15-7-4-11-19(21(15)17)20(13-14)22(16)18;1-2-14-12-13-20-18-10-4-7-15-6-3-9-17(21(15)18)19-11-5-8-16(14)22(19)20/h3*3-13H,2H2,1H3. The number of aryl methyl sites for hydroxylation is 3. The van der Waals surface area contributed by atoms with Crippen LogP contribution in [0.3, 0.4) is 0 Å². The minimum absolute atomic E-state index is 1.07. The largest absolute Gasteiger partial charge is 0.0613 e. The summed E-state index contributed by atoms with van der Waals surface area (Å²) in [4.78, 5) is 0. The molecule has 66 heavy (non-hydrogen) atoms. The molecule has 0 amide bonds. The van der Waals surface area contributed by atoms with Crippen molar-refractivity contribution < 1.29 is 0 Å². The predicted octanol–water partition coefficient (Wildman–Crippen LogP) is 18.9. The van der Waals surface area contributed by atoms with Crippen molar-refractivity contribution in [2.45, 2.75) is 40.0 Å². The Morgan fingerprint density at radius 1 is 0.212 bits per heavy atom. The van der Waals surface area contributed by atoms with Gasteiger partial charge in [0, 0.05) is 0 Å². The van der Waals surface area contributed by atoms with Gasteiger partial charge in [-0.1, -0.05) is 221 Å². The molecular formula is C66H48. The van der Waals surface area contributed by atoms with Gasteiger partial charge in [-0.3, -0.25) is 0 Å². The third kappa shape index (κ3) is 5.64. The van der Waals surface area contributed by atoms with E-state index >= 15 is 0 Å². The van der Waals surface area contributed by atoms with Gasteiger partial charge in [-0.15, -0.1) is 0 Å². The summed E-state index contributed by atoms with van der Waals surface area (Å²) in [5.74, 6) is 0. The maximum Gasteiger partial charge on any atom is -0.00236 e. The van der Waals surface area contributed by atoms with Crippen LogP contribution in [0, 0.1) is 0 Å². The summed E-state index contributed by atoms with van der Waals surface area (Å²) in [6.45, 7) is 6.72. The van der Waals surface area contributed by atoms with Gasteiger partial charge < -0.3 is 0 Å². The zero-order valence-electron chi connectivity index (χ0n) is 37.7. The van der Waals surface area contributed by atoms with E-state index in [1.165, 1.54) is 146 Å². The molecule has 0 aliphatic carbocycles. The molecular weight excluding hydrogens is 793 g/mol. The monoisotopic (exact) mass is 840 g/mol. The van der Waals surface area contributed by atoms with Crippen LogP contribution < -0.4 is 0 Å². The van der Waals surface area contributed by atoms with Crippen LogP contribution in [0.4, 0.5) is 0 Å². The number of benzene rings is 15. The van der Waals surface area contributed by atoms with E-state index in [2.05, 4.69) is 221 Å². The summed E-state index contributed by atoms with van der Waals surface area (Å²) in [7, 11) is 0. The van der Waals surface area contributed by atoms with E-state index < -0.39 is 0 Å². The summed E-state index contributed by atoms with van der Waals surface area (Å²) in [5, 5.41) is 33.2. The van der Waals surface area contributed by atoms with Gasteiger partial charge in [-0.2, -0.15) is 0 Å². The fourth-order valence-electron chi connectivity index (χ4n) is 12.0. The molecule has 0 heteroatoms. The van der Waals surface area contributed by atoms with Gasteiger partial charge in [0.2, 0.25) is 0 Å². The Morgan fingerprint density at radius 3 is 1.06 bits per heavy atom. The molecule has 0 N–H and O–H groups in total. The van der Waals surface area contributed by atoms with Crippen LogP contribution >= 0.6 is 0 Å². The van der Waals surface area contributed by atoms with Gasteiger partial charge in [0.15, 0.2) is 0 Å². The molecule has 0 bridgehead atoms. The van der Waals surface area contributed by atoms with E-state index in [4.69, 9.17) is 0 Å². The van der Waals surface area contributed by atoms with E-state index in [0.717, 1.165) is 19.3 Å². The summed E-state index contributed by atoms with van der Waals surface area (Å²) in [5.41, 5.74) is 4.30. The average molecular weight is 841 g/mol. The highest BCUT2D eigenvalue weighted by atomic mass is 14.2. The molecule has 15 rings (SSSR count). The molecule has 0 heterocycles.